The summed E-state index contributed by atoms with van der Waals surface area (Å²) >= 11 is 0. The minimum atomic E-state index is -0.374. The van der Waals surface area contributed by atoms with Gasteiger partial charge in [-0.1, -0.05) is 38.1 Å². The summed E-state index contributed by atoms with van der Waals surface area (Å²) in [6.45, 7) is 4.01. The van der Waals surface area contributed by atoms with Crippen LogP contribution in [0.5, 0.6) is 5.75 Å². The van der Waals surface area contributed by atoms with Crippen LogP contribution in [0.4, 0.5) is 0 Å². The average Bonchev–Trinajstić information content (AvgIpc) is 2.70. The van der Waals surface area contributed by atoms with Crippen LogP contribution in [0.3, 0.4) is 0 Å². The Hall–Kier alpha value is -3.08. The third-order valence-corrected chi connectivity index (χ3v) is 4.53. The molecule has 0 fully saturated rings. The molecule has 0 saturated heterocycles. The number of esters is 1. The molecule has 0 aliphatic carbocycles. The monoisotopic (exact) mass is 380 g/mol. The molecule has 1 aromatic heterocycles. The predicted molar refractivity (Wildman–Crippen MR) is 109 cm³/mol. The van der Waals surface area contributed by atoms with E-state index in [0.29, 0.717) is 17.8 Å². The zero-order valence-corrected chi connectivity index (χ0v) is 16.4. The van der Waals surface area contributed by atoms with Gasteiger partial charge in [0.25, 0.3) is 0 Å². The van der Waals surface area contributed by atoms with Crippen molar-refractivity contribution in [1.29, 1.82) is 0 Å². The molecule has 5 heteroatoms. The first-order valence-corrected chi connectivity index (χ1v) is 9.36. The van der Waals surface area contributed by atoms with Crippen LogP contribution in [-0.4, -0.2) is 19.7 Å². The van der Waals surface area contributed by atoms with E-state index in [-0.39, 0.29) is 17.5 Å². The molecule has 3 aromatic rings. The number of fused-ring (bicyclic) bond motifs is 1. The van der Waals surface area contributed by atoms with Gasteiger partial charge in [0, 0.05) is 5.39 Å². The van der Waals surface area contributed by atoms with E-state index in [4.69, 9.17) is 13.9 Å². The van der Waals surface area contributed by atoms with Crippen molar-refractivity contribution in [2.24, 2.45) is 5.92 Å². The molecule has 28 heavy (non-hydrogen) atoms. The molecular formula is C23H24O5. The lowest BCUT2D eigenvalue weighted by atomic mass is 10.0. The highest BCUT2D eigenvalue weighted by atomic mass is 16.5. The van der Waals surface area contributed by atoms with Gasteiger partial charge in [-0.25, -0.2) is 4.79 Å². The summed E-state index contributed by atoms with van der Waals surface area (Å²) in [7, 11) is 1.60. The highest BCUT2D eigenvalue weighted by Gasteiger charge is 2.10. The molecule has 0 bridgehead atoms. The molecular weight excluding hydrogens is 356 g/mol. The van der Waals surface area contributed by atoms with Gasteiger partial charge in [-0.15, -0.1) is 0 Å². The number of carbonyl (C=O) groups excluding carboxylic acids is 1. The molecule has 0 N–H and O–H groups in total. The summed E-state index contributed by atoms with van der Waals surface area (Å²) in [5.41, 5.74) is 2.52. The van der Waals surface area contributed by atoms with Crippen molar-refractivity contribution in [3.63, 3.8) is 0 Å². The van der Waals surface area contributed by atoms with Crippen molar-refractivity contribution in [3.05, 3.63) is 64.5 Å². The Balaban J connectivity index is 1.74. The molecule has 0 aliphatic heterocycles. The molecule has 1 heterocycles. The van der Waals surface area contributed by atoms with Gasteiger partial charge in [0.05, 0.1) is 25.2 Å². The topological polar surface area (TPSA) is 65.7 Å². The van der Waals surface area contributed by atoms with Gasteiger partial charge >= 0.3 is 11.6 Å². The molecule has 3 rings (SSSR count). The van der Waals surface area contributed by atoms with Crippen LogP contribution in [0.2, 0.25) is 0 Å². The predicted octanol–water partition coefficient (Wildman–Crippen LogP) is 4.60. The zero-order chi connectivity index (χ0) is 20.1. The van der Waals surface area contributed by atoms with Gasteiger partial charge in [-0.3, -0.25) is 4.79 Å². The highest BCUT2D eigenvalue weighted by Crippen LogP contribution is 2.24. The number of benzene rings is 2. The third kappa shape index (κ3) is 4.60. The van der Waals surface area contributed by atoms with Crippen molar-refractivity contribution in [3.8, 4) is 16.9 Å². The van der Waals surface area contributed by atoms with E-state index in [0.717, 1.165) is 35.1 Å². The summed E-state index contributed by atoms with van der Waals surface area (Å²) in [5.74, 6) is 0.433. The Bertz CT molecular complexity index is 1020. The Morgan fingerprint density at radius 1 is 1.07 bits per heavy atom. The fourth-order valence-corrected chi connectivity index (χ4v) is 2.90. The van der Waals surface area contributed by atoms with Crippen molar-refractivity contribution in [2.45, 2.75) is 26.7 Å². The molecule has 0 spiro atoms. The lowest BCUT2D eigenvalue weighted by Crippen LogP contribution is -2.12. The Kier molecular flexibility index (Phi) is 6.14. The summed E-state index contributed by atoms with van der Waals surface area (Å²) in [6, 6.07) is 15.0. The normalized spacial score (nSPS) is 11.0. The molecule has 0 unspecified atom stereocenters. The number of hydrogen-bond acceptors (Lipinski definition) is 5. The van der Waals surface area contributed by atoms with E-state index in [2.05, 4.69) is 0 Å². The van der Waals surface area contributed by atoms with E-state index >= 15 is 0 Å². The van der Waals surface area contributed by atoms with E-state index in [1.807, 2.05) is 62.4 Å². The fourth-order valence-electron chi connectivity index (χ4n) is 2.90. The zero-order valence-electron chi connectivity index (χ0n) is 16.4. The second-order valence-electron chi connectivity index (χ2n) is 6.97. The maximum absolute atomic E-state index is 12.4. The number of rotatable bonds is 7. The van der Waals surface area contributed by atoms with Gasteiger partial charge in [-0.05, 0) is 48.2 Å². The molecule has 0 aliphatic rings. The SMILES string of the molecule is COc1ccc(-c2cc3ccc(CCCOC(=O)C(C)C)cc3oc2=O)cc1. The lowest BCUT2D eigenvalue weighted by molar-refractivity contribution is -0.147. The fraction of sp³-hybridized carbons (Fsp3) is 0.304. The Morgan fingerprint density at radius 3 is 2.50 bits per heavy atom. The van der Waals surface area contributed by atoms with Crippen LogP contribution in [0.15, 0.2) is 57.7 Å². The lowest BCUT2D eigenvalue weighted by Gasteiger charge is -2.08. The molecule has 0 saturated carbocycles. The van der Waals surface area contributed by atoms with Gasteiger partial charge in [-0.2, -0.15) is 0 Å². The summed E-state index contributed by atoms with van der Waals surface area (Å²) in [5, 5.41) is 0.861. The van der Waals surface area contributed by atoms with Gasteiger partial charge in [0.1, 0.15) is 11.3 Å². The number of carbonyl (C=O) groups is 1. The van der Waals surface area contributed by atoms with E-state index in [1.165, 1.54) is 0 Å². The average molecular weight is 380 g/mol. The molecule has 5 nitrogen and oxygen atoms in total. The Labute approximate surface area is 163 Å². The maximum Gasteiger partial charge on any atom is 0.344 e. The summed E-state index contributed by atoms with van der Waals surface area (Å²) < 4.78 is 15.9. The molecule has 146 valence electrons. The molecule has 0 atom stereocenters. The number of ether oxygens (including phenoxy) is 2. The first kappa shape index (κ1) is 19.7. The molecule has 2 aromatic carbocycles. The molecule has 0 amide bonds. The van der Waals surface area contributed by atoms with Crippen molar-refractivity contribution < 1.29 is 18.7 Å². The largest absolute Gasteiger partial charge is 0.497 e. The number of methoxy groups -OCH3 is 1. The van der Waals surface area contributed by atoms with Crippen LogP contribution < -0.4 is 10.4 Å². The van der Waals surface area contributed by atoms with E-state index in [1.54, 1.807) is 7.11 Å². The van der Waals surface area contributed by atoms with E-state index in [9.17, 15) is 9.59 Å². The van der Waals surface area contributed by atoms with Crippen LogP contribution in [0.1, 0.15) is 25.8 Å². The quantitative estimate of drug-likeness (QED) is 0.340. The minimum Gasteiger partial charge on any atom is -0.497 e. The van der Waals surface area contributed by atoms with Crippen LogP contribution >= 0.6 is 0 Å². The van der Waals surface area contributed by atoms with Crippen molar-refractivity contribution in [1.82, 2.24) is 0 Å². The second kappa shape index (κ2) is 8.74. The first-order valence-electron chi connectivity index (χ1n) is 9.36. The van der Waals surface area contributed by atoms with Crippen LogP contribution in [0.25, 0.3) is 22.1 Å². The van der Waals surface area contributed by atoms with Gasteiger partial charge in [0.15, 0.2) is 0 Å². The summed E-state index contributed by atoms with van der Waals surface area (Å²) in [6.07, 6.45) is 1.46. The van der Waals surface area contributed by atoms with E-state index < -0.39 is 0 Å². The Morgan fingerprint density at radius 2 is 1.82 bits per heavy atom. The molecule has 0 radical (unpaired) electrons. The van der Waals surface area contributed by atoms with Crippen LogP contribution in [0, 0.1) is 5.92 Å². The number of aryl methyl sites for hydroxylation is 1. The van der Waals surface area contributed by atoms with Crippen molar-refractivity contribution in [2.75, 3.05) is 13.7 Å². The second-order valence-corrected chi connectivity index (χ2v) is 6.97. The van der Waals surface area contributed by atoms with Crippen molar-refractivity contribution >= 4 is 16.9 Å². The van der Waals surface area contributed by atoms with Gasteiger partial charge in [0.2, 0.25) is 0 Å². The first-order chi connectivity index (χ1) is 13.5. The maximum atomic E-state index is 12.4. The number of hydrogen-bond donors (Lipinski definition) is 0. The summed E-state index contributed by atoms with van der Waals surface area (Å²) in [4.78, 5) is 23.9. The minimum absolute atomic E-state index is 0.116. The van der Waals surface area contributed by atoms with Gasteiger partial charge < -0.3 is 13.9 Å². The highest BCUT2D eigenvalue weighted by molar-refractivity contribution is 5.82. The smallest absolute Gasteiger partial charge is 0.344 e. The third-order valence-electron chi connectivity index (χ3n) is 4.53. The van der Waals surface area contributed by atoms with Crippen LogP contribution in [-0.2, 0) is 16.0 Å². The standard InChI is InChI=1S/C23H24O5/c1-15(2)22(24)27-12-4-5-16-6-7-18-14-20(23(25)28-21(18)13-16)17-8-10-19(26-3)11-9-17/h6-11,13-15H,4-5,12H2,1-3H3.